The van der Waals surface area contributed by atoms with Gasteiger partial charge in [0, 0.05) is 32.5 Å². The van der Waals surface area contributed by atoms with Crippen LogP contribution in [0.5, 0.6) is 0 Å². The van der Waals surface area contributed by atoms with Crippen LogP contribution >= 0.6 is 0 Å². The number of aromatic nitrogens is 2. The van der Waals surface area contributed by atoms with Crippen molar-refractivity contribution in [3.63, 3.8) is 0 Å². The Labute approximate surface area is 262 Å². The third-order valence-corrected chi connectivity index (χ3v) is 11.0. The van der Waals surface area contributed by atoms with Crippen molar-refractivity contribution < 1.29 is 20.1 Å². The molecule has 41 heavy (non-hydrogen) atoms. The molecule has 5 aromatic rings. The number of pyridine rings is 2. The maximum absolute atomic E-state index is 4.71. The third kappa shape index (κ3) is 8.53. The number of benzene rings is 3. The van der Waals surface area contributed by atoms with Crippen LogP contribution in [0.2, 0.25) is 39.3 Å². The Bertz CT molecular complexity index is 1530. The zero-order valence-corrected chi connectivity index (χ0v) is 29.6. The van der Waals surface area contributed by atoms with Crippen LogP contribution in [0, 0.1) is 12.1 Å². The summed E-state index contributed by atoms with van der Waals surface area (Å²) in [5.74, 6) is 0. The standard InChI is InChI=1S/C20H20NSi.C16H20NSi.Ir/c1-22(2,3)20-15-21-19(17-12-8-5-9-13-17)14-18(20)16-10-6-4-7-11-16;1-5-13-11-15(14-9-7-6-8-10-14)17-12-16(13)18(2,3)4;/h4-12,14-15H,1-3H3;6-9,11-12H,5H2,1-4H3;/q2*-1;. The monoisotopic (exact) mass is 749 g/mol. The average Bonchev–Trinajstić information content (AvgIpc) is 2.97. The summed E-state index contributed by atoms with van der Waals surface area (Å²) in [6.45, 7) is 16.4. The number of nitrogens with zero attached hydrogens (tertiary/aromatic N) is 2. The molecule has 5 heteroatoms. The molecule has 0 saturated heterocycles. The average molecular weight is 749 g/mol. The van der Waals surface area contributed by atoms with Crippen LogP contribution in [0.25, 0.3) is 33.6 Å². The minimum Gasteiger partial charge on any atom is -0.305 e. The van der Waals surface area contributed by atoms with Crippen molar-refractivity contribution >= 4 is 26.5 Å². The van der Waals surface area contributed by atoms with Crippen LogP contribution < -0.4 is 10.4 Å². The molecule has 0 aliphatic carbocycles. The van der Waals surface area contributed by atoms with E-state index in [2.05, 4.69) is 130 Å². The SMILES string of the molecule is CCc1cc(-c2[c-]cccc2)ncc1[Si](C)(C)C.C[Si](C)(C)c1cnc(-c2[c-]cccc2)cc1-c1ccccc1.[Ir]. The molecule has 0 aliphatic rings. The number of aryl methyl sites for hydroxylation is 1. The van der Waals surface area contributed by atoms with Gasteiger partial charge >= 0.3 is 0 Å². The summed E-state index contributed by atoms with van der Waals surface area (Å²) in [6, 6.07) is 37.6. The van der Waals surface area contributed by atoms with Crippen molar-refractivity contribution in [2.75, 3.05) is 0 Å². The smallest absolute Gasteiger partial charge is 0.0803 e. The number of hydrogen-bond donors (Lipinski definition) is 0. The quantitative estimate of drug-likeness (QED) is 0.129. The van der Waals surface area contributed by atoms with E-state index in [9.17, 15) is 0 Å². The fourth-order valence-corrected chi connectivity index (χ4v) is 7.91. The first-order valence-electron chi connectivity index (χ1n) is 14.1. The first-order valence-corrected chi connectivity index (χ1v) is 21.1. The van der Waals surface area contributed by atoms with Crippen molar-refractivity contribution in [1.82, 2.24) is 9.97 Å². The molecule has 0 atom stereocenters. The molecule has 5 rings (SSSR count). The zero-order valence-electron chi connectivity index (χ0n) is 25.2. The summed E-state index contributed by atoms with van der Waals surface area (Å²) in [7, 11) is -2.75. The minimum absolute atomic E-state index is 0. The van der Waals surface area contributed by atoms with Gasteiger partial charge in [0.1, 0.15) is 0 Å². The van der Waals surface area contributed by atoms with Crippen LogP contribution in [0.3, 0.4) is 0 Å². The molecule has 0 fully saturated rings. The van der Waals surface area contributed by atoms with Crippen LogP contribution in [-0.4, -0.2) is 26.1 Å². The molecular weight excluding hydrogens is 709 g/mol. The fraction of sp³-hybridized carbons (Fsp3) is 0.222. The molecule has 0 aliphatic heterocycles. The van der Waals surface area contributed by atoms with E-state index >= 15 is 0 Å². The van der Waals surface area contributed by atoms with Gasteiger partial charge in [0.2, 0.25) is 0 Å². The fourth-order valence-electron chi connectivity index (χ4n) is 4.77. The molecule has 2 aromatic heterocycles. The van der Waals surface area contributed by atoms with Crippen LogP contribution in [-0.2, 0) is 26.5 Å². The molecule has 0 bridgehead atoms. The largest absolute Gasteiger partial charge is 0.305 e. The van der Waals surface area contributed by atoms with Crippen molar-refractivity contribution in [3.05, 3.63) is 121 Å². The predicted molar refractivity (Wildman–Crippen MR) is 178 cm³/mol. The van der Waals surface area contributed by atoms with E-state index in [1.165, 1.54) is 27.1 Å². The van der Waals surface area contributed by atoms with E-state index in [-0.39, 0.29) is 20.1 Å². The van der Waals surface area contributed by atoms with Crippen molar-refractivity contribution in [2.45, 2.75) is 52.6 Å². The molecule has 3 aromatic carbocycles. The van der Waals surface area contributed by atoms with Gasteiger partial charge in [-0.2, -0.15) is 0 Å². The summed E-state index contributed by atoms with van der Waals surface area (Å²) in [4.78, 5) is 9.33. The maximum atomic E-state index is 4.71. The second-order valence-corrected chi connectivity index (χ2v) is 22.2. The molecular formula is C36H40IrN2Si2-2. The van der Waals surface area contributed by atoms with Crippen LogP contribution in [0.15, 0.2) is 103 Å². The van der Waals surface area contributed by atoms with E-state index in [4.69, 9.17) is 4.98 Å². The van der Waals surface area contributed by atoms with E-state index in [0.29, 0.717) is 0 Å². The van der Waals surface area contributed by atoms with Gasteiger partial charge in [-0.25, -0.2) is 0 Å². The Morgan fingerprint density at radius 3 is 1.56 bits per heavy atom. The summed E-state index contributed by atoms with van der Waals surface area (Å²) in [6.07, 6.45) is 5.23. The Morgan fingerprint density at radius 2 is 1.10 bits per heavy atom. The van der Waals surface area contributed by atoms with Crippen LogP contribution in [0.1, 0.15) is 12.5 Å². The molecule has 0 unspecified atom stereocenters. The number of hydrogen-bond acceptors (Lipinski definition) is 2. The Balaban J connectivity index is 0.000000225. The second kappa shape index (κ2) is 14.3. The number of rotatable bonds is 6. The van der Waals surface area contributed by atoms with Gasteiger partial charge in [-0.3, -0.25) is 0 Å². The maximum Gasteiger partial charge on any atom is 0.0803 e. The van der Waals surface area contributed by atoms with E-state index in [1.54, 1.807) is 0 Å². The Kier molecular flexibility index (Phi) is 11.3. The van der Waals surface area contributed by atoms with Crippen molar-refractivity contribution in [3.8, 4) is 33.6 Å². The molecule has 0 N–H and O–H groups in total. The minimum atomic E-state index is -1.46. The van der Waals surface area contributed by atoms with Gasteiger partial charge in [0.25, 0.3) is 0 Å². The topological polar surface area (TPSA) is 25.8 Å². The van der Waals surface area contributed by atoms with Gasteiger partial charge < -0.3 is 9.97 Å². The van der Waals surface area contributed by atoms with E-state index in [1.807, 2.05) is 36.4 Å². The van der Waals surface area contributed by atoms with Crippen molar-refractivity contribution in [1.29, 1.82) is 0 Å². The molecule has 1 radical (unpaired) electrons. The molecule has 2 nitrogen and oxygen atoms in total. The summed E-state index contributed by atoms with van der Waals surface area (Å²) in [5, 5.41) is 2.88. The molecule has 2 heterocycles. The van der Waals surface area contributed by atoms with Gasteiger partial charge in [-0.1, -0.05) is 94.2 Å². The van der Waals surface area contributed by atoms with E-state index < -0.39 is 16.1 Å². The van der Waals surface area contributed by atoms with Gasteiger partial charge in [-0.05, 0) is 39.3 Å². The predicted octanol–water partition coefficient (Wildman–Crippen LogP) is 8.41. The van der Waals surface area contributed by atoms with E-state index in [0.717, 1.165) is 28.9 Å². The van der Waals surface area contributed by atoms with Gasteiger partial charge in [0.15, 0.2) is 0 Å². The Hall–Kier alpha value is -2.96. The van der Waals surface area contributed by atoms with Gasteiger partial charge in [0.05, 0.1) is 16.1 Å². The summed E-state index contributed by atoms with van der Waals surface area (Å²) >= 11 is 0. The third-order valence-electron chi connectivity index (χ3n) is 6.95. The van der Waals surface area contributed by atoms with Crippen molar-refractivity contribution in [2.24, 2.45) is 0 Å². The molecule has 213 valence electrons. The first kappa shape index (κ1) is 32.6. The van der Waals surface area contributed by atoms with Crippen LogP contribution in [0.4, 0.5) is 0 Å². The zero-order chi connectivity index (χ0) is 28.8. The summed E-state index contributed by atoms with van der Waals surface area (Å²) in [5.41, 5.74) is 8.16. The molecule has 0 saturated carbocycles. The second-order valence-electron chi connectivity index (χ2n) is 12.1. The normalized spacial score (nSPS) is 11.2. The molecule has 0 amide bonds. The Morgan fingerprint density at radius 1 is 0.610 bits per heavy atom. The first-order chi connectivity index (χ1) is 19.1. The molecule has 0 spiro atoms. The summed E-state index contributed by atoms with van der Waals surface area (Å²) < 4.78 is 0. The van der Waals surface area contributed by atoms with Gasteiger partial charge in [-0.15, -0.1) is 71.8 Å².